The fourth-order valence-corrected chi connectivity index (χ4v) is 5.06. The molecule has 2 aromatic rings. The maximum absolute atomic E-state index is 12.3. The Labute approximate surface area is 147 Å². The van der Waals surface area contributed by atoms with Crippen molar-refractivity contribution < 1.29 is 8.42 Å². The first-order chi connectivity index (χ1) is 11.9. The van der Waals surface area contributed by atoms with Gasteiger partial charge in [-0.05, 0) is 32.8 Å². The first-order valence-electron chi connectivity index (χ1n) is 8.55. The van der Waals surface area contributed by atoms with Crippen LogP contribution in [0.3, 0.4) is 0 Å². The van der Waals surface area contributed by atoms with Crippen LogP contribution in [0.5, 0.6) is 0 Å². The van der Waals surface area contributed by atoms with Crippen LogP contribution in [-0.4, -0.2) is 63.9 Å². The van der Waals surface area contributed by atoms with Gasteiger partial charge in [0.25, 0.3) is 0 Å². The zero-order valence-electron chi connectivity index (χ0n) is 14.5. The van der Waals surface area contributed by atoms with Crippen molar-refractivity contribution >= 4 is 15.8 Å². The number of hydrogen-bond donors (Lipinski definition) is 0. The summed E-state index contributed by atoms with van der Waals surface area (Å²) in [6.45, 7) is 6.24. The van der Waals surface area contributed by atoms with Crippen molar-refractivity contribution in [3.05, 3.63) is 29.8 Å². The van der Waals surface area contributed by atoms with Crippen molar-refractivity contribution in [1.29, 1.82) is 0 Å². The van der Waals surface area contributed by atoms with Crippen molar-refractivity contribution in [2.45, 2.75) is 31.9 Å². The minimum atomic E-state index is -3.09. The third kappa shape index (κ3) is 3.13. The van der Waals surface area contributed by atoms with Gasteiger partial charge in [0.2, 0.25) is 10.0 Å². The molecule has 8 nitrogen and oxygen atoms in total. The van der Waals surface area contributed by atoms with Gasteiger partial charge in [-0.3, -0.25) is 0 Å². The first kappa shape index (κ1) is 16.5. The lowest BCUT2D eigenvalue weighted by Crippen LogP contribution is -2.49. The zero-order valence-corrected chi connectivity index (χ0v) is 15.3. The van der Waals surface area contributed by atoms with Gasteiger partial charge in [0.15, 0.2) is 5.82 Å². The average Bonchev–Trinajstić information content (AvgIpc) is 3.41. The van der Waals surface area contributed by atoms with Gasteiger partial charge in [0.05, 0.1) is 10.9 Å². The summed E-state index contributed by atoms with van der Waals surface area (Å²) in [6, 6.07) is 3.91. The van der Waals surface area contributed by atoms with Crippen LogP contribution in [0.4, 0.5) is 5.82 Å². The summed E-state index contributed by atoms with van der Waals surface area (Å²) in [5, 5.41) is 4.31. The van der Waals surface area contributed by atoms with E-state index in [4.69, 9.17) is 0 Å². The molecule has 25 heavy (non-hydrogen) atoms. The molecule has 134 valence electrons. The van der Waals surface area contributed by atoms with Gasteiger partial charge < -0.3 is 4.90 Å². The highest BCUT2D eigenvalue weighted by molar-refractivity contribution is 7.90. The number of anilines is 1. The number of piperazine rings is 1. The molecule has 1 aliphatic carbocycles. The lowest BCUT2D eigenvalue weighted by Gasteiger charge is -2.34. The Balaban J connectivity index is 1.50. The second-order valence-electron chi connectivity index (χ2n) is 6.70. The summed E-state index contributed by atoms with van der Waals surface area (Å²) in [5.41, 5.74) is 1.96. The number of hydrogen-bond acceptors (Lipinski definition) is 6. The standard InChI is InChI=1S/C16H22N6O2S/c1-12-9-13(2)22(19-12)16-10-15(17-11-18-16)20-5-7-21(8-6-20)25(23,24)14-3-4-14/h9-11,14H,3-8H2,1-2H3. The van der Waals surface area contributed by atoms with Gasteiger partial charge in [-0.25, -0.2) is 23.1 Å². The van der Waals surface area contributed by atoms with Crippen LogP contribution in [0, 0.1) is 13.8 Å². The molecule has 0 bridgehead atoms. The van der Waals surface area contributed by atoms with Gasteiger partial charge in [-0.1, -0.05) is 0 Å². The van der Waals surface area contributed by atoms with Crippen LogP contribution in [0.1, 0.15) is 24.2 Å². The van der Waals surface area contributed by atoms with Crippen LogP contribution >= 0.6 is 0 Å². The summed E-state index contributed by atoms with van der Waals surface area (Å²) in [6.07, 6.45) is 3.15. The Kier molecular flexibility index (Phi) is 3.99. The molecule has 0 spiro atoms. The van der Waals surface area contributed by atoms with Crippen LogP contribution in [0.25, 0.3) is 5.82 Å². The second-order valence-corrected chi connectivity index (χ2v) is 8.92. The summed E-state index contributed by atoms with van der Waals surface area (Å²) in [7, 11) is -3.09. The van der Waals surface area contributed by atoms with Crippen LogP contribution < -0.4 is 4.90 Å². The van der Waals surface area contributed by atoms with Gasteiger partial charge in [0.1, 0.15) is 12.1 Å². The molecule has 1 saturated carbocycles. The third-order valence-electron chi connectivity index (χ3n) is 4.73. The lowest BCUT2D eigenvalue weighted by molar-refractivity contribution is 0.383. The van der Waals surface area contributed by atoms with Gasteiger partial charge in [0, 0.05) is 37.9 Å². The molecule has 1 aliphatic heterocycles. The summed E-state index contributed by atoms with van der Waals surface area (Å²) in [4.78, 5) is 10.8. The van der Waals surface area contributed by atoms with E-state index in [0.29, 0.717) is 26.2 Å². The normalized spacial score (nSPS) is 19.4. The molecule has 2 aromatic heterocycles. The molecular weight excluding hydrogens is 340 g/mol. The Hall–Kier alpha value is -2.00. The first-order valence-corrected chi connectivity index (χ1v) is 10.0. The number of rotatable bonds is 4. The molecule has 4 rings (SSSR count). The third-order valence-corrected chi connectivity index (χ3v) is 7.13. The smallest absolute Gasteiger partial charge is 0.217 e. The van der Waals surface area contributed by atoms with E-state index in [1.54, 1.807) is 8.99 Å². The quantitative estimate of drug-likeness (QED) is 0.803. The molecule has 0 aromatic carbocycles. The summed E-state index contributed by atoms with van der Waals surface area (Å²) < 4.78 is 28.1. The molecule has 9 heteroatoms. The van der Waals surface area contributed by atoms with E-state index in [-0.39, 0.29) is 5.25 Å². The fourth-order valence-electron chi connectivity index (χ4n) is 3.24. The molecule has 3 heterocycles. The average molecular weight is 362 g/mol. The Morgan fingerprint density at radius 3 is 2.28 bits per heavy atom. The monoisotopic (exact) mass is 362 g/mol. The maximum Gasteiger partial charge on any atom is 0.217 e. The largest absolute Gasteiger partial charge is 0.354 e. The predicted octanol–water partition coefficient (Wildman–Crippen LogP) is 0.893. The Morgan fingerprint density at radius 2 is 1.68 bits per heavy atom. The van der Waals surface area contributed by atoms with Crippen LogP contribution in [0.15, 0.2) is 18.5 Å². The number of sulfonamides is 1. The lowest BCUT2D eigenvalue weighted by atomic mass is 10.3. The van der Waals surface area contributed by atoms with Crippen LogP contribution in [0.2, 0.25) is 0 Å². The molecule has 0 N–H and O–H groups in total. The van der Waals surface area contributed by atoms with E-state index in [1.165, 1.54) is 6.33 Å². The van der Waals surface area contributed by atoms with Crippen molar-refractivity contribution in [2.24, 2.45) is 0 Å². The Morgan fingerprint density at radius 1 is 1.00 bits per heavy atom. The van der Waals surface area contributed by atoms with Crippen molar-refractivity contribution in [1.82, 2.24) is 24.1 Å². The molecule has 0 atom stereocenters. The van der Waals surface area contributed by atoms with Gasteiger partial charge in [-0.15, -0.1) is 0 Å². The highest BCUT2D eigenvalue weighted by atomic mass is 32.2. The number of nitrogens with zero attached hydrogens (tertiary/aromatic N) is 6. The fraction of sp³-hybridized carbons (Fsp3) is 0.562. The van der Waals surface area contributed by atoms with E-state index in [0.717, 1.165) is 35.9 Å². The highest BCUT2D eigenvalue weighted by Gasteiger charge is 2.41. The molecule has 1 saturated heterocycles. The van der Waals surface area contributed by atoms with E-state index < -0.39 is 10.0 Å². The Bertz CT molecular complexity index is 882. The van der Waals surface area contributed by atoms with Crippen molar-refractivity contribution in [3.63, 3.8) is 0 Å². The minimum absolute atomic E-state index is 0.143. The molecule has 0 amide bonds. The van der Waals surface area contributed by atoms with Gasteiger partial charge in [-0.2, -0.15) is 9.40 Å². The zero-order chi connectivity index (χ0) is 17.6. The van der Waals surface area contributed by atoms with E-state index >= 15 is 0 Å². The number of aromatic nitrogens is 4. The number of aryl methyl sites for hydroxylation is 2. The maximum atomic E-state index is 12.3. The molecule has 0 unspecified atom stereocenters. The summed E-state index contributed by atoms with van der Waals surface area (Å²) in [5.74, 6) is 1.53. The van der Waals surface area contributed by atoms with Crippen LogP contribution in [-0.2, 0) is 10.0 Å². The SMILES string of the molecule is Cc1cc(C)n(-c2cc(N3CCN(S(=O)(=O)C4CC4)CC3)ncn2)n1. The van der Waals surface area contributed by atoms with Crippen molar-refractivity contribution in [2.75, 3.05) is 31.1 Å². The molecule has 0 radical (unpaired) electrons. The minimum Gasteiger partial charge on any atom is -0.354 e. The molecule has 2 aliphatic rings. The highest BCUT2D eigenvalue weighted by Crippen LogP contribution is 2.31. The summed E-state index contributed by atoms with van der Waals surface area (Å²) >= 11 is 0. The van der Waals surface area contributed by atoms with E-state index in [2.05, 4.69) is 20.0 Å². The van der Waals surface area contributed by atoms with Crippen molar-refractivity contribution in [3.8, 4) is 5.82 Å². The molecule has 2 fully saturated rings. The molecular formula is C16H22N6O2S. The predicted molar refractivity (Wildman–Crippen MR) is 94.4 cm³/mol. The van der Waals surface area contributed by atoms with E-state index in [9.17, 15) is 8.42 Å². The van der Waals surface area contributed by atoms with E-state index in [1.807, 2.05) is 26.0 Å². The van der Waals surface area contributed by atoms with Gasteiger partial charge >= 0.3 is 0 Å². The second kappa shape index (κ2) is 6.06. The topological polar surface area (TPSA) is 84.2 Å².